The van der Waals surface area contributed by atoms with Crippen LogP contribution in [0, 0.1) is 11.3 Å². The van der Waals surface area contributed by atoms with Gasteiger partial charge in [0.25, 0.3) is 0 Å². The molecule has 3 unspecified atom stereocenters. The first kappa shape index (κ1) is 13.3. The zero-order valence-corrected chi connectivity index (χ0v) is 11.3. The van der Waals surface area contributed by atoms with Gasteiger partial charge in [-0.05, 0) is 45.1 Å². The molecule has 17 heavy (non-hydrogen) atoms. The molecule has 2 fully saturated rings. The van der Waals surface area contributed by atoms with Crippen LogP contribution < -0.4 is 0 Å². The van der Waals surface area contributed by atoms with Crippen LogP contribution in [0.5, 0.6) is 0 Å². The summed E-state index contributed by atoms with van der Waals surface area (Å²) in [6.07, 6.45) is 4.85. The van der Waals surface area contributed by atoms with Crippen molar-refractivity contribution < 1.29 is 9.84 Å². The predicted molar refractivity (Wildman–Crippen MR) is 69.0 cm³/mol. The van der Waals surface area contributed by atoms with Crippen LogP contribution in [0.15, 0.2) is 0 Å². The molecule has 100 valence electrons. The number of hydrogen-bond donors (Lipinski definition) is 1. The predicted octanol–water partition coefficient (Wildman–Crippen LogP) is 1.90. The lowest BCUT2D eigenvalue weighted by Gasteiger charge is -2.45. The number of hydrogen-bond acceptors (Lipinski definition) is 3. The Balaban J connectivity index is 1.97. The molecule has 2 aliphatic rings. The van der Waals surface area contributed by atoms with Crippen LogP contribution in [-0.4, -0.2) is 49.0 Å². The van der Waals surface area contributed by atoms with E-state index in [1.165, 1.54) is 19.4 Å². The van der Waals surface area contributed by atoms with Gasteiger partial charge in [-0.1, -0.05) is 6.92 Å². The van der Waals surface area contributed by atoms with Crippen molar-refractivity contribution in [1.82, 2.24) is 4.90 Å². The summed E-state index contributed by atoms with van der Waals surface area (Å²) in [7, 11) is 0. The van der Waals surface area contributed by atoms with Crippen LogP contribution in [-0.2, 0) is 4.74 Å². The molecule has 0 spiro atoms. The summed E-state index contributed by atoms with van der Waals surface area (Å²) in [5.41, 5.74) is 0.00354. The summed E-state index contributed by atoms with van der Waals surface area (Å²) in [5, 5.41) is 9.72. The second-order valence-corrected chi connectivity index (χ2v) is 6.14. The molecule has 0 aromatic heterocycles. The Morgan fingerprint density at radius 2 is 2.18 bits per heavy atom. The van der Waals surface area contributed by atoms with E-state index in [9.17, 15) is 5.11 Å². The van der Waals surface area contributed by atoms with E-state index in [2.05, 4.69) is 18.7 Å². The Labute approximate surface area is 105 Å². The summed E-state index contributed by atoms with van der Waals surface area (Å²) < 4.78 is 5.59. The maximum absolute atomic E-state index is 9.72. The first-order valence-electron chi connectivity index (χ1n) is 7.09. The summed E-state index contributed by atoms with van der Waals surface area (Å²) in [4.78, 5) is 2.57. The van der Waals surface area contributed by atoms with Crippen molar-refractivity contribution in [3.63, 3.8) is 0 Å². The van der Waals surface area contributed by atoms with Gasteiger partial charge in [-0.15, -0.1) is 0 Å². The number of likely N-dealkylation sites (tertiary alicyclic amines) is 1. The monoisotopic (exact) mass is 241 g/mol. The van der Waals surface area contributed by atoms with Gasteiger partial charge in [-0.25, -0.2) is 0 Å². The lowest BCUT2D eigenvalue weighted by molar-refractivity contribution is -0.0674. The zero-order chi connectivity index (χ0) is 12.3. The van der Waals surface area contributed by atoms with E-state index in [-0.39, 0.29) is 12.0 Å². The van der Waals surface area contributed by atoms with Crippen molar-refractivity contribution in [1.29, 1.82) is 0 Å². The summed E-state index contributed by atoms with van der Waals surface area (Å²) in [5.74, 6) is 0.781. The maximum atomic E-state index is 9.72. The molecule has 0 radical (unpaired) electrons. The fourth-order valence-electron chi connectivity index (χ4n) is 3.28. The summed E-state index contributed by atoms with van der Waals surface area (Å²) in [6.45, 7) is 8.75. The summed E-state index contributed by atoms with van der Waals surface area (Å²) >= 11 is 0. The van der Waals surface area contributed by atoms with Crippen molar-refractivity contribution in [2.24, 2.45) is 11.3 Å². The molecular formula is C14H27NO2. The van der Waals surface area contributed by atoms with E-state index in [0.29, 0.717) is 6.04 Å². The fraction of sp³-hybridized carbons (Fsp3) is 1.00. The van der Waals surface area contributed by atoms with Gasteiger partial charge in [0.1, 0.15) is 0 Å². The third-order valence-corrected chi connectivity index (χ3v) is 4.78. The molecule has 0 aromatic carbocycles. The second-order valence-electron chi connectivity index (χ2n) is 6.14. The average molecular weight is 241 g/mol. The van der Waals surface area contributed by atoms with Crippen LogP contribution in [0.1, 0.15) is 39.5 Å². The number of aliphatic hydroxyl groups excluding tert-OH is 1. The molecule has 2 rings (SSSR count). The van der Waals surface area contributed by atoms with E-state index < -0.39 is 0 Å². The van der Waals surface area contributed by atoms with Gasteiger partial charge >= 0.3 is 0 Å². The lowest BCUT2D eigenvalue weighted by Crippen LogP contribution is -2.51. The Morgan fingerprint density at radius 1 is 1.35 bits per heavy atom. The van der Waals surface area contributed by atoms with Gasteiger partial charge in [0.05, 0.1) is 13.2 Å². The molecule has 1 N–H and O–H groups in total. The number of nitrogens with zero attached hydrogens (tertiary/aromatic N) is 1. The summed E-state index contributed by atoms with van der Waals surface area (Å²) in [6, 6.07) is 0.647. The first-order chi connectivity index (χ1) is 8.17. The maximum Gasteiger partial charge on any atom is 0.0556 e. The minimum atomic E-state index is 0.00354. The van der Waals surface area contributed by atoms with Crippen molar-refractivity contribution in [2.45, 2.75) is 45.6 Å². The molecule has 2 heterocycles. The second kappa shape index (κ2) is 5.68. The van der Waals surface area contributed by atoms with Gasteiger partial charge in [0.15, 0.2) is 0 Å². The van der Waals surface area contributed by atoms with E-state index >= 15 is 0 Å². The Bertz CT molecular complexity index is 238. The largest absolute Gasteiger partial charge is 0.396 e. The van der Waals surface area contributed by atoms with Crippen LogP contribution in [0.4, 0.5) is 0 Å². The number of rotatable bonds is 3. The van der Waals surface area contributed by atoms with Crippen LogP contribution in [0.25, 0.3) is 0 Å². The van der Waals surface area contributed by atoms with E-state index in [1.807, 2.05) is 0 Å². The molecule has 0 aromatic rings. The van der Waals surface area contributed by atoms with Crippen molar-refractivity contribution in [2.75, 3.05) is 32.9 Å². The van der Waals surface area contributed by atoms with Crippen molar-refractivity contribution in [3.8, 4) is 0 Å². The Morgan fingerprint density at radius 3 is 2.82 bits per heavy atom. The van der Waals surface area contributed by atoms with Gasteiger partial charge in [-0.3, -0.25) is 4.90 Å². The highest BCUT2D eigenvalue weighted by molar-refractivity contribution is 4.88. The van der Waals surface area contributed by atoms with Crippen LogP contribution in [0.3, 0.4) is 0 Å². The highest BCUT2D eigenvalue weighted by atomic mass is 16.5. The number of ether oxygens (including phenoxy) is 1. The lowest BCUT2D eigenvalue weighted by atomic mass is 9.81. The minimum absolute atomic E-state index is 0.00354. The number of piperidine rings is 1. The molecule has 3 atom stereocenters. The average Bonchev–Trinajstić information content (AvgIpc) is 2.36. The van der Waals surface area contributed by atoms with E-state index in [0.717, 1.165) is 38.5 Å². The molecule has 0 aliphatic carbocycles. The van der Waals surface area contributed by atoms with Gasteiger partial charge < -0.3 is 9.84 Å². The normalized spacial score (nSPS) is 40.4. The molecule has 0 bridgehead atoms. The highest BCUT2D eigenvalue weighted by Crippen LogP contribution is 2.32. The molecule has 0 saturated carbocycles. The van der Waals surface area contributed by atoms with Gasteiger partial charge in [-0.2, -0.15) is 0 Å². The van der Waals surface area contributed by atoms with Crippen molar-refractivity contribution >= 4 is 0 Å². The molecule has 0 amide bonds. The van der Waals surface area contributed by atoms with Gasteiger partial charge in [0.2, 0.25) is 0 Å². The molecule has 2 aliphatic heterocycles. The van der Waals surface area contributed by atoms with Crippen LogP contribution >= 0.6 is 0 Å². The standard InChI is InChI=1S/C14H27NO2/c1-12-5-3-7-15(13(12)2)9-14(10-16)6-4-8-17-11-14/h12-13,16H,3-11H2,1-2H3. The zero-order valence-electron chi connectivity index (χ0n) is 11.3. The Kier molecular flexibility index (Phi) is 4.45. The molecule has 2 saturated heterocycles. The van der Waals surface area contributed by atoms with Gasteiger partial charge in [0, 0.05) is 24.6 Å². The van der Waals surface area contributed by atoms with E-state index in [1.54, 1.807) is 0 Å². The molecule has 3 heteroatoms. The quantitative estimate of drug-likeness (QED) is 0.819. The third kappa shape index (κ3) is 3.01. The SMILES string of the molecule is CC1CCCN(CC2(CO)CCCOC2)C1C. The van der Waals surface area contributed by atoms with Crippen molar-refractivity contribution in [3.05, 3.63) is 0 Å². The highest BCUT2D eigenvalue weighted by Gasteiger charge is 2.37. The van der Waals surface area contributed by atoms with Crippen LogP contribution in [0.2, 0.25) is 0 Å². The topological polar surface area (TPSA) is 32.7 Å². The Hall–Kier alpha value is -0.120. The fourth-order valence-corrected chi connectivity index (χ4v) is 3.28. The minimum Gasteiger partial charge on any atom is -0.396 e. The third-order valence-electron chi connectivity index (χ3n) is 4.78. The van der Waals surface area contributed by atoms with E-state index in [4.69, 9.17) is 4.74 Å². The molecular weight excluding hydrogens is 214 g/mol. The number of aliphatic hydroxyl groups is 1. The smallest absolute Gasteiger partial charge is 0.0556 e. The molecule has 3 nitrogen and oxygen atoms in total. The first-order valence-corrected chi connectivity index (χ1v) is 7.09.